The number of hydrogen-bond donors (Lipinski definition) is 1. The van der Waals surface area contributed by atoms with Gasteiger partial charge in [0.05, 0.1) is 5.69 Å². The molecule has 2 aromatic heterocycles. The van der Waals surface area contributed by atoms with E-state index >= 15 is 0 Å². The lowest BCUT2D eigenvalue weighted by Crippen LogP contribution is -2.31. The van der Waals surface area contributed by atoms with E-state index in [4.69, 9.17) is 4.42 Å². The number of amides is 1. The van der Waals surface area contributed by atoms with Gasteiger partial charge in [0.25, 0.3) is 5.91 Å². The molecule has 28 heavy (non-hydrogen) atoms. The average molecular weight is 414 g/mol. The number of furan rings is 1. The van der Waals surface area contributed by atoms with E-state index in [1.54, 1.807) is 0 Å². The highest BCUT2D eigenvalue weighted by molar-refractivity contribution is 7.99. The van der Waals surface area contributed by atoms with E-state index in [2.05, 4.69) is 27.3 Å². The van der Waals surface area contributed by atoms with Crippen molar-refractivity contribution in [3.8, 4) is 10.8 Å². The van der Waals surface area contributed by atoms with Gasteiger partial charge in [-0.15, -0.1) is 11.3 Å². The molecule has 1 aromatic carbocycles. The minimum Gasteiger partial charge on any atom is -0.459 e. The molecule has 0 spiro atoms. The predicted molar refractivity (Wildman–Crippen MR) is 116 cm³/mol. The van der Waals surface area contributed by atoms with Crippen LogP contribution in [0.2, 0.25) is 0 Å². The zero-order valence-corrected chi connectivity index (χ0v) is 17.7. The van der Waals surface area contributed by atoms with Crippen molar-refractivity contribution in [2.75, 3.05) is 29.9 Å². The Morgan fingerprint density at radius 1 is 1.21 bits per heavy atom. The van der Waals surface area contributed by atoms with Crippen molar-refractivity contribution >= 4 is 34.7 Å². The third-order valence-electron chi connectivity index (χ3n) is 4.65. The number of hydrogen-bond acceptors (Lipinski definition) is 6. The summed E-state index contributed by atoms with van der Waals surface area (Å²) in [6.45, 7) is 6.92. The summed E-state index contributed by atoms with van der Waals surface area (Å²) in [7, 11) is 0. The van der Waals surface area contributed by atoms with Crippen LogP contribution >= 0.6 is 23.1 Å². The van der Waals surface area contributed by atoms with E-state index in [1.165, 1.54) is 28.4 Å². The van der Waals surface area contributed by atoms with Crippen LogP contribution in [0, 0.1) is 13.8 Å². The van der Waals surface area contributed by atoms with Gasteiger partial charge in [-0.05, 0) is 43.7 Å². The molecule has 0 radical (unpaired) electrons. The SMILES string of the molecule is Cc1ccc(-c2nc(C)c(C(=O)Nc3cccc(CN4CCSCC4)c3)s2)o1. The standard InChI is InChI=1S/C21H23N3O2S2/c1-14-6-7-18(26-14)21-22-15(2)19(28-21)20(25)23-17-5-3-4-16(12-17)13-24-8-10-27-11-9-24/h3-7,12H,8-11,13H2,1-2H3,(H,23,25). The molecule has 3 aromatic rings. The van der Waals surface area contributed by atoms with E-state index in [1.807, 2.05) is 49.9 Å². The van der Waals surface area contributed by atoms with Gasteiger partial charge in [-0.25, -0.2) is 4.98 Å². The minimum absolute atomic E-state index is 0.129. The highest BCUT2D eigenvalue weighted by atomic mass is 32.2. The van der Waals surface area contributed by atoms with E-state index in [-0.39, 0.29) is 5.91 Å². The Hall–Kier alpha value is -2.09. The molecule has 4 rings (SSSR count). The first-order valence-electron chi connectivity index (χ1n) is 9.33. The number of benzene rings is 1. The molecule has 1 amide bonds. The number of nitrogens with zero attached hydrogens (tertiary/aromatic N) is 2. The number of thioether (sulfide) groups is 1. The zero-order chi connectivity index (χ0) is 19.5. The van der Waals surface area contributed by atoms with E-state index < -0.39 is 0 Å². The van der Waals surface area contributed by atoms with E-state index in [0.717, 1.165) is 36.1 Å². The fraction of sp³-hybridized carbons (Fsp3) is 0.333. The Labute approximate surface area is 173 Å². The van der Waals surface area contributed by atoms with Gasteiger partial charge in [0, 0.05) is 36.8 Å². The largest absolute Gasteiger partial charge is 0.459 e. The lowest BCUT2D eigenvalue weighted by molar-refractivity contribution is 0.103. The van der Waals surface area contributed by atoms with Crippen LogP contribution < -0.4 is 5.32 Å². The summed E-state index contributed by atoms with van der Waals surface area (Å²) in [5, 5.41) is 3.75. The maximum Gasteiger partial charge on any atom is 0.267 e. The average Bonchev–Trinajstić information content (AvgIpc) is 3.28. The van der Waals surface area contributed by atoms with Gasteiger partial charge >= 0.3 is 0 Å². The topological polar surface area (TPSA) is 58.4 Å². The maximum absolute atomic E-state index is 12.8. The van der Waals surface area contributed by atoms with Gasteiger partial charge in [-0.1, -0.05) is 12.1 Å². The van der Waals surface area contributed by atoms with Crippen LogP contribution in [-0.4, -0.2) is 40.4 Å². The predicted octanol–water partition coefficient (Wildman–Crippen LogP) is 4.82. The molecule has 3 heterocycles. The fourth-order valence-electron chi connectivity index (χ4n) is 3.21. The number of anilines is 1. The molecule has 0 unspecified atom stereocenters. The zero-order valence-electron chi connectivity index (χ0n) is 16.0. The molecule has 1 aliphatic rings. The molecule has 1 N–H and O–H groups in total. The molecule has 1 saturated heterocycles. The highest BCUT2D eigenvalue weighted by Gasteiger charge is 2.18. The lowest BCUT2D eigenvalue weighted by Gasteiger charge is -2.26. The number of carbonyl (C=O) groups excluding carboxylic acids is 1. The van der Waals surface area contributed by atoms with Crippen molar-refractivity contribution in [3.05, 3.63) is 58.3 Å². The van der Waals surface area contributed by atoms with Crippen molar-refractivity contribution in [1.82, 2.24) is 9.88 Å². The summed E-state index contributed by atoms with van der Waals surface area (Å²) < 4.78 is 5.63. The first kappa shape index (κ1) is 19.2. The second-order valence-electron chi connectivity index (χ2n) is 6.89. The van der Waals surface area contributed by atoms with Crippen LogP contribution in [0.15, 0.2) is 40.8 Å². The van der Waals surface area contributed by atoms with Crippen LogP contribution in [0.5, 0.6) is 0 Å². The molecular formula is C21H23N3O2S2. The number of thiazole rings is 1. The molecule has 5 nitrogen and oxygen atoms in total. The molecule has 1 fully saturated rings. The summed E-state index contributed by atoms with van der Waals surface area (Å²) in [6.07, 6.45) is 0. The third-order valence-corrected chi connectivity index (χ3v) is 6.76. The van der Waals surface area contributed by atoms with Gasteiger partial charge in [0.1, 0.15) is 10.6 Å². The van der Waals surface area contributed by atoms with Gasteiger partial charge in [0.15, 0.2) is 10.8 Å². The Balaban J connectivity index is 1.46. The minimum atomic E-state index is -0.129. The first-order valence-corrected chi connectivity index (χ1v) is 11.3. The van der Waals surface area contributed by atoms with E-state index in [9.17, 15) is 4.79 Å². The number of nitrogens with one attached hydrogen (secondary N) is 1. The fourth-order valence-corrected chi connectivity index (χ4v) is 5.12. The second-order valence-corrected chi connectivity index (χ2v) is 9.11. The van der Waals surface area contributed by atoms with Crippen molar-refractivity contribution in [2.24, 2.45) is 0 Å². The van der Waals surface area contributed by atoms with Gasteiger partial charge in [0.2, 0.25) is 0 Å². The molecule has 0 saturated carbocycles. The van der Waals surface area contributed by atoms with Gasteiger partial charge in [-0.3, -0.25) is 9.69 Å². The number of aromatic nitrogens is 1. The van der Waals surface area contributed by atoms with Crippen molar-refractivity contribution < 1.29 is 9.21 Å². The van der Waals surface area contributed by atoms with E-state index in [0.29, 0.717) is 16.3 Å². The Morgan fingerprint density at radius 3 is 2.79 bits per heavy atom. The third kappa shape index (κ3) is 4.48. The Kier molecular flexibility index (Phi) is 5.85. The second kappa shape index (κ2) is 8.51. The Morgan fingerprint density at radius 2 is 2.04 bits per heavy atom. The van der Waals surface area contributed by atoms with Crippen molar-refractivity contribution in [1.29, 1.82) is 0 Å². The highest BCUT2D eigenvalue weighted by Crippen LogP contribution is 2.30. The molecule has 7 heteroatoms. The van der Waals surface area contributed by atoms with Crippen LogP contribution in [0.1, 0.15) is 26.7 Å². The lowest BCUT2D eigenvalue weighted by atomic mass is 10.2. The molecule has 1 aliphatic heterocycles. The summed E-state index contributed by atoms with van der Waals surface area (Å²) in [5.74, 6) is 3.79. The molecule has 0 bridgehead atoms. The molecule has 0 atom stereocenters. The first-order chi connectivity index (χ1) is 13.6. The van der Waals surface area contributed by atoms with Crippen molar-refractivity contribution in [2.45, 2.75) is 20.4 Å². The van der Waals surface area contributed by atoms with Crippen LogP contribution in [0.4, 0.5) is 5.69 Å². The Bertz CT molecular complexity index is 974. The summed E-state index contributed by atoms with van der Waals surface area (Å²) in [4.78, 5) is 20.4. The van der Waals surface area contributed by atoms with Crippen LogP contribution in [0.3, 0.4) is 0 Å². The summed E-state index contributed by atoms with van der Waals surface area (Å²) >= 11 is 3.37. The smallest absolute Gasteiger partial charge is 0.267 e. The monoisotopic (exact) mass is 413 g/mol. The number of carbonyl (C=O) groups is 1. The summed E-state index contributed by atoms with van der Waals surface area (Å²) in [6, 6.07) is 11.9. The van der Waals surface area contributed by atoms with Gasteiger partial charge in [-0.2, -0.15) is 11.8 Å². The maximum atomic E-state index is 12.8. The molecule has 146 valence electrons. The van der Waals surface area contributed by atoms with Crippen LogP contribution in [0.25, 0.3) is 10.8 Å². The number of rotatable bonds is 5. The quantitative estimate of drug-likeness (QED) is 0.650. The summed E-state index contributed by atoms with van der Waals surface area (Å²) in [5.41, 5.74) is 2.75. The van der Waals surface area contributed by atoms with Gasteiger partial charge < -0.3 is 9.73 Å². The van der Waals surface area contributed by atoms with Crippen LogP contribution in [-0.2, 0) is 6.54 Å². The number of aryl methyl sites for hydroxylation is 2. The molecular weight excluding hydrogens is 390 g/mol. The molecule has 0 aliphatic carbocycles. The van der Waals surface area contributed by atoms with Crippen molar-refractivity contribution in [3.63, 3.8) is 0 Å². The normalized spacial score (nSPS) is 14.9.